The molecule has 0 aliphatic carbocycles. The largest absolute Gasteiger partial charge is 0.456 e. The van der Waals surface area contributed by atoms with Gasteiger partial charge in [-0.05, 0) is 19.1 Å². The standard InChI is InChI=1S/C10H11O2S/c1-9-2-4-10(5-3-9)13-7-6-12-8-11/h2-5H,6-7H2,1H3. The van der Waals surface area contributed by atoms with Crippen LogP contribution in [0.4, 0.5) is 0 Å². The number of ether oxygens (including phenoxy) is 1. The second-order valence-corrected chi connectivity index (χ2v) is 3.76. The Balaban J connectivity index is 2.28. The van der Waals surface area contributed by atoms with Gasteiger partial charge in [0.1, 0.15) is 6.61 Å². The predicted molar refractivity (Wildman–Crippen MR) is 53.5 cm³/mol. The van der Waals surface area contributed by atoms with Gasteiger partial charge in [-0.3, -0.25) is 0 Å². The van der Waals surface area contributed by atoms with Gasteiger partial charge >= 0.3 is 6.47 Å². The van der Waals surface area contributed by atoms with Crippen LogP contribution in [0.25, 0.3) is 0 Å². The van der Waals surface area contributed by atoms with E-state index in [9.17, 15) is 4.79 Å². The summed E-state index contributed by atoms with van der Waals surface area (Å²) in [4.78, 5) is 10.9. The fourth-order valence-corrected chi connectivity index (χ4v) is 1.61. The number of hydrogen-bond donors (Lipinski definition) is 0. The Labute approximate surface area is 82.3 Å². The zero-order chi connectivity index (χ0) is 9.52. The van der Waals surface area contributed by atoms with E-state index in [1.165, 1.54) is 16.9 Å². The average Bonchev–Trinajstić information content (AvgIpc) is 2.15. The maximum atomic E-state index is 9.70. The van der Waals surface area contributed by atoms with Crippen LogP contribution < -0.4 is 0 Å². The van der Waals surface area contributed by atoms with Gasteiger partial charge in [-0.2, -0.15) is 0 Å². The molecule has 0 aromatic heterocycles. The Morgan fingerprint density at radius 1 is 1.38 bits per heavy atom. The minimum absolute atomic E-state index is 0.419. The summed E-state index contributed by atoms with van der Waals surface area (Å²) >= 11 is 1.67. The highest BCUT2D eigenvalue weighted by molar-refractivity contribution is 7.99. The lowest BCUT2D eigenvalue weighted by Crippen LogP contribution is -1.93. The number of aryl methyl sites for hydroxylation is 1. The van der Waals surface area contributed by atoms with Gasteiger partial charge in [0.15, 0.2) is 0 Å². The van der Waals surface area contributed by atoms with Crippen LogP contribution in [-0.4, -0.2) is 18.8 Å². The van der Waals surface area contributed by atoms with Gasteiger partial charge in [0, 0.05) is 10.6 Å². The van der Waals surface area contributed by atoms with E-state index in [0.717, 1.165) is 5.75 Å². The Morgan fingerprint density at radius 2 is 2.08 bits per heavy atom. The van der Waals surface area contributed by atoms with E-state index < -0.39 is 0 Å². The van der Waals surface area contributed by atoms with E-state index in [2.05, 4.69) is 35.9 Å². The van der Waals surface area contributed by atoms with E-state index in [-0.39, 0.29) is 0 Å². The van der Waals surface area contributed by atoms with Gasteiger partial charge in [0.2, 0.25) is 0 Å². The first-order valence-electron chi connectivity index (χ1n) is 4.01. The van der Waals surface area contributed by atoms with Crippen LogP contribution in [0.5, 0.6) is 0 Å². The summed E-state index contributed by atoms with van der Waals surface area (Å²) in [6.45, 7) is 3.87. The van der Waals surface area contributed by atoms with Crippen LogP contribution in [0.1, 0.15) is 5.56 Å². The zero-order valence-electron chi connectivity index (χ0n) is 7.45. The summed E-state index contributed by atoms with van der Waals surface area (Å²) in [7, 11) is 0. The quantitative estimate of drug-likeness (QED) is 0.532. The monoisotopic (exact) mass is 195 g/mol. The molecule has 0 aliphatic rings. The Bertz CT molecular complexity index is 256. The smallest absolute Gasteiger partial charge is 0.417 e. The first-order chi connectivity index (χ1) is 6.33. The molecule has 2 nitrogen and oxygen atoms in total. The van der Waals surface area contributed by atoms with Crippen LogP contribution in [0.3, 0.4) is 0 Å². The maximum absolute atomic E-state index is 9.70. The lowest BCUT2D eigenvalue weighted by atomic mass is 10.2. The molecule has 0 saturated heterocycles. The predicted octanol–water partition coefficient (Wildman–Crippen LogP) is 2.17. The van der Waals surface area contributed by atoms with Crippen LogP contribution >= 0.6 is 11.8 Å². The molecule has 0 atom stereocenters. The lowest BCUT2D eigenvalue weighted by molar-refractivity contribution is 0.299. The fourth-order valence-electron chi connectivity index (χ4n) is 0.877. The van der Waals surface area contributed by atoms with Crippen molar-refractivity contribution in [3.8, 4) is 0 Å². The molecule has 0 unspecified atom stereocenters. The lowest BCUT2D eigenvalue weighted by Gasteiger charge is -2.00. The van der Waals surface area contributed by atoms with Crippen molar-refractivity contribution in [2.45, 2.75) is 11.8 Å². The summed E-state index contributed by atoms with van der Waals surface area (Å²) in [6, 6.07) is 8.25. The third-order valence-electron chi connectivity index (χ3n) is 1.53. The molecule has 1 aromatic carbocycles. The molecule has 0 N–H and O–H groups in total. The molecule has 0 fully saturated rings. The van der Waals surface area contributed by atoms with Crippen molar-refractivity contribution in [3.05, 3.63) is 29.8 Å². The third kappa shape index (κ3) is 3.99. The first kappa shape index (κ1) is 10.1. The molecule has 1 rings (SSSR count). The van der Waals surface area contributed by atoms with Crippen molar-refractivity contribution < 1.29 is 9.53 Å². The van der Waals surface area contributed by atoms with Crippen molar-refractivity contribution in [3.63, 3.8) is 0 Å². The average molecular weight is 195 g/mol. The molecular formula is C10H11O2S. The third-order valence-corrected chi connectivity index (χ3v) is 2.51. The van der Waals surface area contributed by atoms with Gasteiger partial charge in [0.25, 0.3) is 0 Å². The molecule has 69 valence electrons. The Hall–Kier alpha value is -0.960. The first-order valence-corrected chi connectivity index (χ1v) is 5.00. The van der Waals surface area contributed by atoms with Crippen LogP contribution in [-0.2, 0) is 9.53 Å². The number of hydrogen-bond acceptors (Lipinski definition) is 3. The highest BCUT2D eigenvalue weighted by atomic mass is 32.2. The molecule has 0 aliphatic heterocycles. The second-order valence-electron chi connectivity index (χ2n) is 2.59. The molecule has 3 heteroatoms. The van der Waals surface area contributed by atoms with Gasteiger partial charge < -0.3 is 4.74 Å². The summed E-state index contributed by atoms with van der Waals surface area (Å²) < 4.78 is 4.45. The minimum Gasteiger partial charge on any atom is -0.456 e. The SMILES string of the molecule is Cc1ccc(SCCO[C]=O)cc1. The van der Waals surface area contributed by atoms with Gasteiger partial charge in [-0.15, -0.1) is 11.8 Å². The van der Waals surface area contributed by atoms with Crippen molar-refractivity contribution in [2.75, 3.05) is 12.4 Å². The van der Waals surface area contributed by atoms with Crippen LogP contribution in [0, 0.1) is 6.92 Å². The molecule has 13 heavy (non-hydrogen) atoms. The van der Waals surface area contributed by atoms with E-state index >= 15 is 0 Å². The van der Waals surface area contributed by atoms with Crippen LogP contribution in [0.15, 0.2) is 29.2 Å². The normalized spacial score (nSPS) is 9.62. The van der Waals surface area contributed by atoms with Crippen LogP contribution in [0.2, 0.25) is 0 Å². The molecule has 0 amide bonds. The summed E-state index contributed by atoms with van der Waals surface area (Å²) in [6.07, 6.45) is 0. The molecule has 1 aromatic rings. The van der Waals surface area contributed by atoms with Crippen molar-refractivity contribution in [1.82, 2.24) is 0 Å². The Morgan fingerprint density at radius 3 is 2.69 bits per heavy atom. The number of carbonyl (C=O) groups excluding carboxylic acids is 1. The van der Waals surface area contributed by atoms with Crippen molar-refractivity contribution in [2.24, 2.45) is 0 Å². The summed E-state index contributed by atoms with van der Waals surface area (Å²) in [5, 5.41) is 0. The Kier molecular flexibility index (Phi) is 4.40. The second kappa shape index (κ2) is 5.65. The molecule has 0 heterocycles. The zero-order valence-corrected chi connectivity index (χ0v) is 8.26. The van der Waals surface area contributed by atoms with E-state index in [1.54, 1.807) is 11.8 Å². The summed E-state index contributed by atoms with van der Waals surface area (Å²) in [5.74, 6) is 0.776. The highest BCUT2D eigenvalue weighted by Crippen LogP contribution is 2.17. The van der Waals surface area contributed by atoms with Gasteiger partial charge in [-0.1, -0.05) is 17.7 Å². The number of rotatable bonds is 5. The molecule has 0 saturated carbocycles. The molecular weight excluding hydrogens is 184 g/mol. The maximum Gasteiger partial charge on any atom is 0.417 e. The number of benzene rings is 1. The van der Waals surface area contributed by atoms with Crippen molar-refractivity contribution >= 4 is 18.2 Å². The van der Waals surface area contributed by atoms with Gasteiger partial charge in [0.05, 0.1) is 0 Å². The van der Waals surface area contributed by atoms with Gasteiger partial charge in [-0.25, -0.2) is 4.79 Å². The molecule has 1 radical (unpaired) electrons. The van der Waals surface area contributed by atoms with Crippen molar-refractivity contribution in [1.29, 1.82) is 0 Å². The minimum atomic E-state index is 0.419. The summed E-state index contributed by atoms with van der Waals surface area (Å²) in [5.41, 5.74) is 1.25. The van der Waals surface area contributed by atoms with E-state index in [0.29, 0.717) is 6.61 Å². The van der Waals surface area contributed by atoms with E-state index in [1.807, 2.05) is 0 Å². The molecule has 0 spiro atoms. The molecule has 0 bridgehead atoms. The highest BCUT2D eigenvalue weighted by Gasteiger charge is 1.93. The topological polar surface area (TPSA) is 26.3 Å². The number of thioether (sulfide) groups is 1. The fraction of sp³-hybridized carbons (Fsp3) is 0.300. The van der Waals surface area contributed by atoms with E-state index in [4.69, 9.17) is 0 Å².